The molecule has 6 nitrogen and oxygen atoms in total. The second-order valence-electron chi connectivity index (χ2n) is 6.86. The van der Waals surface area contributed by atoms with Crippen LogP contribution in [0.4, 0.5) is 5.69 Å². The molecule has 3 aromatic carbocycles. The Kier molecular flexibility index (Phi) is 5.62. The predicted octanol–water partition coefficient (Wildman–Crippen LogP) is 6.50. The van der Waals surface area contributed by atoms with Crippen LogP contribution in [0, 0.1) is 10.1 Å². The van der Waals surface area contributed by atoms with E-state index in [1.54, 1.807) is 28.6 Å². The molecule has 5 rings (SSSR count). The lowest BCUT2D eigenvalue weighted by Crippen LogP contribution is -1.99. The summed E-state index contributed by atoms with van der Waals surface area (Å²) in [6.45, 7) is 0.654. The molecule has 1 aromatic heterocycles. The summed E-state index contributed by atoms with van der Waals surface area (Å²) in [7, 11) is 0. The van der Waals surface area contributed by atoms with Crippen LogP contribution in [0.2, 0.25) is 5.02 Å². The van der Waals surface area contributed by atoms with Crippen molar-refractivity contribution >= 4 is 51.7 Å². The lowest BCUT2D eigenvalue weighted by molar-refractivity contribution is -0.384. The molecule has 1 aliphatic rings. The second-order valence-corrected chi connectivity index (χ2v) is 9.58. The van der Waals surface area contributed by atoms with E-state index >= 15 is 0 Å². The van der Waals surface area contributed by atoms with Gasteiger partial charge in [-0.2, -0.15) is 5.10 Å². The van der Waals surface area contributed by atoms with E-state index in [1.807, 2.05) is 54.6 Å². The van der Waals surface area contributed by atoms with Crippen LogP contribution in [-0.4, -0.2) is 27.1 Å². The molecule has 156 valence electrons. The molecule has 0 aliphatic carbocycles. The zero-order chi connectivity index (χ0) is 21.4. The SMILES string of the molecule is O=[N+]([O-])c1cc(Sc2ccc(Cl)cc2)c2c(C3OCCS3)nn(-c3ccccc3)c2c1. The van der Waals surface area contributed by atoms with Crippen LogP contribution in [0.3, 0.4) is 0 Å². The van der Waals surface area contributed by atoms with Gasteiger partial charge in [-0.05, 0) is 36.4 Å². The molecule has 31 heavy (non-hydrogen) atoms. The minimum atomic E-state index is -0.367. The third-order valence-electron chi connectivity index (χ3n) is 4.86. The zero-order valence-corrected chi connectivity index (χ0v) is 18.5. The van der Waals surface area contributed by atoms with Gasteiger partial charge in [0.2, 0.25) is 0 Å². The molecule has 0 amide bonds. The fraction of sp³-hybridized carbons (Fsp3) is 0.136. The largest absolute Gasteiger partial charge is 0.360 e. The Morgan fingerprint density at radius 2 is 1.94 bits per heavy atom. The standard InChI is InChI=1S/C22H16ClN3O3S2/c23-14-6-8-17(9-7-14)31-19-13-16(26(27)28)12-18-20(19)21(22-29-10-11-30-22)24-25(18)15-4-2-1-3-5-15/h1-9,12-13,22H,10-11H2. The number of benzene rings is 3. The van der Waals surface area contributed by atoms with Gasteiger partial charge in [0.05, 0.1) is 22.7 Å². The van der Waals surface area contributed by atoms with Gasteiger partial charge >= 0.3 is 0 Å². The molecule has 9 heteroatoms. The van der Waals surface area contributed by atoms with Gasteiger partial charge in [0.25, 0.3) is 5.69 Å². The molecule has 1 aliphatic heterocycles. The first-order chi connectivity index (χ1) is 15.1. The summed E-state index contributed by atoms with van der Waals surface area (Å²) in [5, 5.41) is 18.1. The first-order valence-electron chi connectivity index (χ1n) is 9.53. The Balaban J connectivity index is 1.76. The quantitative estimate of drug-likeness (QED) is 0.245. The van der Waals surface area contributed by atoms with Crippen LogP contribution in [0.5, 0.6) is 0 Å². The van der Waals surface area contributed by atoms with Gasteiger partial charge in [-0.25, -0.2) is 4.68 Å². The van der Waals surface area contributed by atoms with Gasteiger partial charge in [0.1, 0.15) is 11.1 Å². The molecular formula is C22H16ClN3O3S2. The summed E-state index contributed by atoms with van der Waals surface area (Å²) in [4.78, 5) is 13.1. The van der Waals surface area contributed by atoms with E-state index in [1.165, 1.54) is 11.8 Å². The number of fused-ring (bicyclic) bond motifs is 1. The molecule has 0 bridgehead atoms. The van der Waals surface area contributed by atoms with E-state index in [-0.39, 0.29) is 16.0 Å². The topological polar surface area (TPSA) is 70.2 Å². The molecule has 4 aromatic rings. The molecule has 2 heterocycles. The van der Waals surface area contributed by atoms with E-state index in [0.717, 1.165) is 32.3 Å². The number of rotatable bonds is 5. The normalized spacial score (nSPS) is 16.1. The number of thioether (sulfide) groups is 1. The molecule has 1 unspecified atom stereocenters. The molecule has 0 N–H and O–H groups in total. The van der Waals surface area contributed by atoms with Crippen molar-refractivity contribution in [3.05, 3.63) is 87.6 Å². The van der Waals surface area contributed by atoms with Crippen molar-refractivity contribution in [2.75, 3.05) is 12.4 Å². The fourth-order valence-electron chi connectivity index (χ4n) is 3.49. The van der Waals surface area contributed by atoms with E-state index in [9.17, 15) is 10.1 Å². The van der Waals surface area contributed by atoms with E-state index in [0.29, 0.717) is 17.1 Å². The molecule has 0 saturated carbocycles. The summed E-state index contributed by atoms with van der Waals surface area (Å²) in [5.41, 5.74) is 2.12. The average molecular weight is 470 g/mol. The number of nitro groups is 1. The summed E-state index contributed by atoms with van der Waals surface area (Å²) in [5.74, 6) is 0.886. The highest BCUT2D eigenvalue weighted by atomic mass is 35.5. The summed E-state index contributed by atoms with van der Waals surface area (Å²) in [6, 6.07) is 20.3. The van der Waals surface area contributed by atoms with E-state index < -0.39 is 0 Å². The number of halogens is 1. The van der Waals surface area contributed by atoms with Crippen molar-refractivity contribution in [1.29, 1.82) is 0 Å². The van der Waals surface area contributed by atoms with Crippen LogP contribution in [0.25, 0.3) is 16.6 Å². The first kappa shape index (κ1) is 20.4. The Morgan fingerprint density at radius 3 is 2.61 bits per heavy atom. The minimum absolute atomic E-state index is 0.0209. The molecule has 0 spiro atoms. The number of nitro benzene ring substituents is 1. The van der Waals surface area contributed by atoms with Gasteiger partial charge in [-0.3, -0.25) is 10.1 Å². The number of hydrogen-bond acceptors (Lipinski definition) is 6. The summed E-state index contributed by atoms with van der Waals surface area (Å²) >= 11 is 9.17. The highest BCUT2D eigenvalue weighted by molar-refractivity contribution is 8.00. The molecule has 0 radical (unpaired) electrons. The van der Waals surface area contributed by atoms with Crippen LogP contribution in [0.15, 0.2) is 76.5 Å². The Labute approximate surface area is 191 Å². The van der Waals surface area contributed by atoms with Crippen molar-refractivity contribution in [3.63, 3.8) is 0 Å². The smallest absolute Gasteiger partial charge is 0.272 e. The van der Waals surface area contributed by atoms with E-state index in [2.05, 4.69) is 0 Å². The van der Waals surface area contributed by atoms with Crippen LogP contribution in [-0.2, 0) is 4.74 Å². The van der Waals surface area contributed by atoms with E-state index in [4.69, 9.17) is 21.4 Å². The van der Waals surface area contributed by atoms with Crippen LogP contribution in [0.1, 0.15) is 11.1 Å². The van der Waals surface area contributed by atoms with Crippen LogP contribution >= 0.6 is 35.1 Å². The monoisotopic (exact) mass is 469 g/mol. The lowest BCUT2D eigenvalue weighted by Gasteiger charge is -2.09. The second kappa shape index (κ2) is 8.55. The molecule has 1 fully saturated rings. The Morgan fingerprint density at radius 1 is 1.16 bits per heavy atom. The maximum Gasteiger partial charge on any atom is 0.272 e. The van der Waals surface area contributed by atoms with Gasteiger partial charge in [0.15, 0.2) is 0 Å². The molecule has 1 saturated heterocycles. The lowest BCUT2D eigenvalue weighted by atomic mass is 10.2. The third kappa shape index (κ3) is 4.04. The van der Waals surface area contributed by atoms with Crippen molar-refractivity contribution in [2.45, 2.75) is 15.2 Å². The maximum atomic E-state index is 11.7. The number of hydrogen-bond donors (Lipinski definition) is 0. The number of non-ortho nitro benzene ring substituents is 1. The van der Waals surface area contributed by atoms with Gasteiger partial charge in [-0.1, -0.05) is 41.6 Å². The van der Waals surface area contributed by atoms with Gasteiger partial charge < -0.3 is 4.74 Å². The van der Waals surface area contributed by atoms with Gasteiger partial charge in [-0.15, -0.1) is 11.8 Å². The van der Waals surface area contributed by atoms with Crippen LogP contribution < -0.4 is 0 Å². The number of aromatic nitrogens is 2. The molecule has 1 atom stereocenters. The summed E-state index contributed by atoms with van der Waals surface area (Å²) in [6.07, 6.45) is 0. The Bertz CT molecular complexity index is 1260. The minimum Gasteiger partial charge on any atom is -0.360 e. The van der Waals surface area contributed by atoms with Crippen molar-refractivity contribution < 1.29 is 9.66 Å². The van der Waals surface area contributed by atoms with Gasteiger partial charge in [0, 0.05) is 38.1 Å². The number of para-hydroxylation sites is 1. The summed E-state index contributed by atoms with van der Waals surface area (Å²) < 4.78 is 7.69. The van der Waals surface area contributed by atoms with Crippen molar-refractivity contribution in [3.8, 4) is 5.69 Å². The highest BCUT2D eigenvalue weighted by Crippen LogP contribution is 2.44. The highest BCUT2D eigenvalue weighted by Gasteiger charge is 2.28. The third-order valence-corrected chi connectivity index (χ3v) is 7.22. The number of ether oxygens (including phenoxy) is 1. The average Bonchev–Trinajstić information content (AvgIpc) is 3.44. The fourth-order valence-corrected chi connectivity index (χ4v) is 5.55. The number of nitrogens with zero attached hydrogens (tertiary/aromatic N) is 3. The molecular weight excluding hydrogens is 454 g/mol. The first-order valence-corrected chi connectivity index (χ1v) is 11.8. The Hall–Kier alpha value is -2.52. The zero-order valence-electron chi connectivity index (χ0n) is 16.1. The van der Waals surface area contributed by atoms with Crippen molar-refractivity contribution in [1.82, 2.24) is 9.78 Å². The van der Waals surface area contributed by atoms with Crippen molar-refractivity contribution in [2.24, 2.45) is 0 Å². The predicted molar refractivity (Wildman–Crippen MR) is 124 cm³/mol. The maximum absolute atomic E-state index is 11.7.